The van der Waals surface area contributed by atoms with Gasteiger partial charge in [-0.2, -0.15) is 0 Å². The zero-order valence-electron chi connectivity index (χ0n) is 13.6. The number of aryl methyl sites for hydroxylation is 2. The van der Waals surface area contributed by atoms with Crippen molar-refractivity contribution in [2.45, 2.75) is 33.6 Å². The first-order valence-electron chi connectivity index (χ1n) is 7.57. The number of hydrogen-bond acceptors (Lipinski definition) is 4. The van der Waals surface area contributed by atoms with Crippen LogP contribution in [0.4, 0.5) is 0 Å². The lowest BCUT2D eigenvalue weighted by Gasteiger charge is -2.16. The highest BCUT2D eigenvalue weighted by Gasteiger charge is 2.05. The van der Waals surface area contributed by atoms with Gasteiger partial charge in [-0.15, -0.1) is 0 Å². The lowest BCUT2D eigenvalue weighted by atomic mass is 10.1. The third-order valence-corrected chi connectivity index (χ3v) is 3.43. The Kier molecular flexibility index (Phi) is 7.83. The smallest absolute Gasteiger partial charge is 0.307 e. The van der Waals surface area contributed by atoms with Crippen molar-refractivity contribution < 1.29 is 14.3 Å². The molecule has 118 valence electrons. The van der Waals surface area contributed by atoms with Crippen molar-refractivity contribution in [3.8, 4) is 5.75 Å². The van der Waals surface area contributed by atoms with Gasteiger partial charge in [0.25, 0.3) is 0 Å². The predicted octanol–water partition coefficient (Wildman–Crippen LogP) is 2.96. The van der Waals surface area contributed by atoms with Gasteiger partial charge >= 0.3 is 5.97 Å². The van der Waals surface area contributed by atoms with E-state index >= 15 is 0 Å². The van der Waals surface area contributed by atoms with Gasteiger partial charge in [-0.25, -0.2) is 0 Å². The molecule has 0 aliphatic heterocycles. The minimum atomic E-state index is -0.129. The van der Waals surface area contributed by atoms with Gasteiger partial charge in [0, 0.05) is 13.1 Å². The second kappa shape index (κ2) is 9.40. The Morgan fingerprint density at radius 3 is 2.62 bits per heavy atom. The standard InChI is InChI=1S/C17H27NO3/c1-5-20-17(19)9-11-18(4)10-6-12-21-16-8-7-14(2)15(3)13-16/h7-8,13H,5-6,9-12H2,1-4H3. The Labute approximate surface area is 128 Å². The summed E-state index contributed by atoms with van der Waals surface area (Å²) in [7, 11) is 2.01. The minimum Gasteiger partial charge on any atom is -0.494 e. The summed E-state index contributed by atoms with van der Waals surface area (Å²) in [5.41, 5.74) is 2.53. The summed E-state index contributed by atoms with van der Waals surface area (Å²) < 4.78 is 10.6. The molecule has 0 radical (unpaired) electrons. The highest BCUT2D eigenvalue weighted by atomic mass is 16.5. The molecule has 1 aromatic rings. The molecule has 4 heteroatoms. The first kappa shape index (κ1) is 17.5. The van der Waals surface area contributed by atoms with E-state index in [1.54, 1.807) is 0 Å². The summed E-state index contributed by atoms with van der Waals surface area (Å²) in [6.07, 6.45) is 1.38. The number of carbonyl (C=O) groups is 1. The molecule has 1 rings (SSSR count). The molecule has 0 bridgehead atoms. The van der Waals surface area contributed by atoms with Crippen LogP contribution in [0.15, 0.2) is 18.2 Å². The van der Waals surface area contributed by atoms with Crippen LogP contribution in [0.5, 0.6) is 5.75 Å². The van der Waals surface area contributed by atoms with Crippen molar-refractivity contribution in [2.75, 3.05) is 33.4 Å². The number of ether oxygens (including phenoxy) is 2. The van der Waals surface area contributed by atoms with Crippen LogP contribution < -0.4 is 4.74 Å². The third-order valence-electron chi connectivity index (χ3n) is 3.43. The van der Waals surface area contributed by atoms with Crippen molar-refractivity contribution >= 4 is 5.97 Å². The maximum Gasteiger partial charge on any atom is 0.307 e. The van der Waals surface area contributed by atoms with Crippen molar-refractivity contribution in [1.82, 2.24) is 4.90 Å². The van der Waals surface area contributed by atoms with Gasteiger partial charge < -0.3 is 14.4 Å². The van der Waals surface area contributed by atoms with Gasteiger partial charge in [0.2, 0.25) is 0 Å². The van der Waals surface area contributed by atoms with E-state index in [1.165, 1.54) is 11.1 Å². The zero-order valence-corrected chi connectivity index (χ0v) is 13.6. The molecule has 0 aromatic heterocycles. The van der Waals surface area contributed by atoms with Crippen LogP contribution in [0.2, 0.25) is 0 Å². The summed E-state index contributed by atoms with van der Waals surface area (Å²) in [6.45, 7) is 8.78. The van der Waals surface area contributed by atoms with E-state index in [9.17, 15) is 4.79 Å². The lowest BCUT2D eigenvalue weighted by Crippen LogP contribution is -2.24. The van der Waals surface area contributed by atoms with Gasteiger partial charge in [-0.1, -0.05) is 6.07 Å². The normalized spacial score (nSPS) is 10.7. The first-order valence-corrected chi connectivity index (χ1v) is 7.57. The second-order valence-corrected chi connectivity index (χ2v) is 5.31. The van der Waals surface area contributed by atoms with Crippen LogP contribution in [-0.4, -0.2) is 44.2 Å². The molecule has 0 saturated carbocycles. The average molecular weight is 293 g/mol. The molecule has 0 amide bonds. The molecule has 0 spiro atoms. The highest BCUT2D eigenvalue weighted by molar-refractivity contribution is 5.69. The molecule has 4 nitrogen and oxygen atoms in total. The number of carbonyl (C=O) groups excluding carboxylic acids is 1. The van der Waals surface area contributed by atoms with E-state index in [1.807, 2.05) is 20.0 Å². The quantitative estimate of drug-likeness (QED) is 0.518. The Morgan fingerprint density at radius 1 is 1.19 bits per heavy atom. The molecule has 0 atom stereocenters. The van der Waals surface area contributed by atoms with E-state index in [4.69, 9.17) is 9.47 Å². The highest BCUT2D eigenvalue weighted by Crippen LogP contribution is 2.16. The second-order valence-electron chi connectivity index (χ2n) is 5.31. The fourth-order valence-electron chi connectivity index (χ4n) is 1.96. The van der Waals surface area contributed by atoms with Gasteiger partial charge in [-0.3, -0.25) is 4.79 Å². The first-order chi connectivity index (χ1) is 10.0. The van der Waals surface area contributed by atoms with Crippen LogP contribution >= 0.6 is 0 Å². The van der Waals surface area contributed by atoms with E-state index in [-0.39, 0.29) is 5.97 Å². The molecule has 0 saturated heterocycles. The molecule has 1 aromatic carbocycles. The third kappa shape index (κ3) is 7.14. The van der Waals surface area contributed by atoms with Gasteiger partial charge in [0.15, 0.2) is 0 Å². The Bertz CT molecular complexity index is 446. The summed E-state index contributed by atoms with van der Waals surface area (Å²) in [5, 5.41) is 0. The SMILES string of the molecule is CCOC(=O)CCN(C)CCCOc1ccc(C)c(C)c1. The molecule has 0 unspecified atom stereocenters. The summed E-state index contributed by atoms with van der Waals surface area (Å²) >= 11 is 0. The largest absolute Gasteiger partial charge is 0.494 e. The van der Waals surface area contributed by atoms with Gasteiger partial charge in [-0.05, 0) is 57.5 Å². The summed E-state index contributed by atoms with van der Waals surface area (Å²) in [4.78, 5) is 13.4. The van der Waals surface area contributed by atoms with Crippen LogP contribution in [0.25, 0.3) is 0 Å². The fourth-order valence-corrected chi connectivity index (χ4v) is 1.96. The monoisotopic (exact) mass is 293 g/mol. The van der Waals surface area contributed by atoms with E-state index in [0.29, 0.717) is 19.6 Å². The zero-order chi connectivity index (χ0) is 15.7. The molecule has 0 fully saturated rings. The molecule has 0 heterocycles. The summed E-state index contributed by atoms with van der Waals surface area (Å²) in [5.74, 6) is 0.794. The van der Waals surface area contributed by atoms with Crippen LogP contribution in [0.1, 0.15) is 30.9 Å². The minimum absolute atomic E-state index is 0.129. The number of esters is 1. The maximum atomic E-state index is 11.2. The van der Waals surface area contributed by atoms with E-state index < -0.39 is 0 Å². The number of rotatable bonds is 9. The Hall–Kier alpha value is -1.55. The van der Waals surface area contributed by atoms with Crippen molar-refractivity contribution in [3.63, 3.8) is 0 Å². The molecular weight excluding hydrogens is 266 g/mol. The Morgan fingerprint density at radius 2 is 1.95 bits per heavy atom. The van der Waals surface area contributed by atoms with Crippen LogP contribution in [0.3, 0.4) is 0 Å². The van der Waals surface area contributed by atoms with Crippen molar-refractivity contribution in [2.24, 2.45) is 0 Å². The average Bonchev–Trinajstić information content (AvgIpc) is 2.45. The number of hydrogen-bond donors (Lipinski definition) is 0. The molecule has 21 heavy (non-hydrogen) atoms. The summed E-state index contributed by atoms with van der Waals surface area (Å²) in [6, 6.07) is 6.16. The van der Waals surface area contributed by atoms with E-state index in [0.717, 1.165) is 25.3 Å². The van der Waals surface area contributed by atoms with Crippen LogP contribution in [0, 0.1) is 13.8 Å². The van der Waals surface area contributed by atoms with Gasteiger partial charge in [0.05, 0.1) is 19.6 Å². The van der Waals surface area contributed by atoms with Crippen molar-refractivity contribution in [1.29, 1.82) is 0 Å². The molecule has 0 N–H and O–H groups in total. The van der Waals surface area contributed by atoms with Gasteiger partial charge in [0.1, 0.15) is 5.75 Å². The predicted molar refractivity (Wildman–Crippen MR) is 84.8 cm³/mol. The maximum absolute atomic E-state index is 11.2. The van der Waals surface area contributed by atoms with E-state index in [2.05, 4.69) is 30.9 Å². The topological polar surface area (TPSA) is 38.8 Å². The molecule has 0 aliphatic rings. The number of benzene rings is 1. The molecule has 0 aliphatic carbocycles. The lowest BCUT2D eigenvalue weighted by molar-refractivity contribution is -0.143. The molecular formula is C17H27NO3. The Balaban J connectivity index is 2.15. The number of nitrogens with zero attached hydrogens (tertiary/aromatic N) is 1. The fraction of sp³-hybridized carbons (Fsp3) is 0.588. The van der Waals surface area contributed by atoms with Crippen molar-refractivity contribution in [3.05, 3.63) is 29.3 Å². The van der Waals surface area contributed by atoms with Crippen LogP contribution in [-0.2, 0) is 9.53 Å².